The van der Waals surface area contributed by atoms with E-state index in [4.69, 9.17) is 4.74 Å². The third-order valence-electron chi connectivity index (χ3n) is 3.11. The van der Waals surface area contributed by atoms with Gasteiger partial charge in [0.2, 0.25) is 0 Å². The Kier molecular flexibility index (Phi) is 3.87. The van der Waals surface area contributed by atoms with Gasteiger partial charge in [-0.2, -0.15) is 13.5 Å². The number of aromatic amines is 1. The van der Waals surface area contributed by atoms with Crippen molar-refractivity contribution in [1.82, 2.24) is 15.2 Å². The van der Waals surface area contributed by atoms with Gasteiger partial charge in [0.1, 0.15) is 5.56 Å². The number of aromatic nitrogens is 3. The molecule has 22 heavy (non-hydrogen) atoms. The number of carbonyl (C=O) groups is 1. The first kappa shape index (κ1) is 15.0. The summed E-state index contributed by atoms with van der Waals surface area (Å²) in [7, 11) is -3.98. The lowest BCUT2D eigenvalue weighted by molar-refractivity contribution is 0.0522. The first-order valence-electron chi connectivity index (χ1n) is 6.70. The van der Waals surface area contributed by atoms with Gasteiger partial charge in [0.15, 0.2) is 10.2 Å². The number of H-pyrrole nitrogens is 1. The van der Waals surface area contributed by atoms with Crippen molar-refractivity contribution in [2.24, 2.45) is 0 Å². The van der Waals surface area contributed by atoms with E-state index in [1.165, 1.54) is 11.3 Å². The van der Waals surface area contributed by atoms with Gasteiger partial charge in [0.05, 0.1) is 18.5 Å². The molecule has 0 unspecified atom stereocenters. The number of anilines is 1. The van der Waals surface area contributed by atoms with Gasteiger partial charge in [-0.3, -0.25) is 9.82 Å². The van der Waals surface area contributed by atoms with Gasteiger partial charge >= 0.3 is 5.97 Å². The van der Waals surface area contributed by atoms with Crippen LogP contribution in [0.2, 0.25) is 0 Å². The Bertz CT molecular complexity index is 792. The van der Waals surface area contributed by atoms with Crippen molar-refractivity contribution in [2.75, 3.05) is 11.3 Å². The molecule has 2 N–H and O–H groups in total. The van der Waals surface area contributed by atoms with Crippen LogP contribution in [0.3, 0.4) is 0 Å². The molecular formula is C12H14N4O4S2. The Labute approximate surface area is 131 Å². The van der Waals surface area contributed by atoms with E-state index in [1.54, 1.807) is 6.92 Å². The highest BCUT2D eigenvalue weighted by atomic mass is 32.2. The van der Waals surface area contributed by atoms with Crippen molar-refractivity contribution < 1.29 is 17.9 Å². The van der Waals surface area contributed by atoms with Crippen molar-refractivity contribution in [3.05, 3.63) is 22.8 Å². The summed E-state index contributed by atoms with van der Waals surface area (Å²) in [6.45, 7) is 1.79. The Balaban J connectivity index is 1.83. The number of hydrogen-bond donors (Lipinski definition) is 2. The summed E-state index contributed by atoms with van der Waals surface area (Å²) in [6, 6.07) is 0. The second kappa shape index (κ2) is 5.69. The Morgan fingerprint density at radius 1 is 1.55 bits per heavy atom. The van der Waals surface area contributed by atoms with Crippen LogP contribution in [-0.2, 0) is 14.8 Å². The minimum Gasteiger partial charge on any atom is -0.462 e. The van der Waals surface area contributed by atoms with E-state index >= 15 is 0 Å². The third kappa shape index (κ3) is 2.97. The fraction of sp³-hybridized carbons (Fsp3) is 0.417. The molecule has 1 aliphatic rings. The van der Waals surface area contributed by atoms with Crippen LogP contribution >= 0.6 is 11.3 Å². The molecule has 8 nitrogen and oxygen atoms in total. The van der Waals surface area contributed by atoms with Crippen molar-refractivity contribution in [3.8, 4) is 0 Å². The lowest BCUT2D eigenvalue weighted by atomic mass is 10.3. The number of nitrogens with one attached hydrogen (secondary N) is 2. The standard InChI is InChI=1S/C12H14N4O4S2/c1-2-20-11(17)8-5-13-15-10(8)22(18,19)16-12-14-9(6-21-12)7-3-4-7/h5-7H,2-4H2,1H3,(H,13,15)(H,14,16). The van der Waals surface area contributed by atoms with Crippen LogP contribution < -0.4 is 4.72 Å². The minimum atomic E-state index is -3.98. The number of thiazole rings is 1. The number of hydrogen-bond acceptors (Lipinski definition) is 7. The van der Waals surface area contributed by atoms with E-state index in [1.807, 2.05) is 5.38 Å². The Morgan fingerprint density at radius 3 is 3.00 bits per heavy atom. The lowest BCUT2D eigenvalue weighted by Crippen LogP contribution is -2.17. The third-order valence-corrected chi connectivity index (χ3v) is 5.32. The predicted octanol–water partition coefficient (Wildman–Crippen LogP) is 1.72. The highest BCUT2D eigenvalue weighted by Gasteiger charge is 2.29. The zero-order chi connectivity index (χ0) is 15.7. The summed E-state index contributed by atoms with van der Waals surface area (Å²) in [4.78, 5) is 16.0. The second-order valence-electron chi connectivity index (χ2n) is 4.79. The van der Waals surface area contributed by atoms with Crippen LogP contribution in [0.1, 0.15) is 41.7 Å². The molecule has 1 saturated carbocycles. The molecular weight excluding hydrogens is 328 g/mol. The van der Waals surface area contributed by atoms with E-state index < -0.39 is 16.0 Å². The second-order valence-corrected chi connectivity index (χ2v) is 7.27. The SMILES string of the molecule is CCOC(=O)c1cn[nH]c1S(=O)(=O)Nc1nc(C2CC2)cs1. The summed E-state index contributed by atoms with van der Waals surface area (Å²) in [5.41, 5.74) is 0.770. The summed E-state index contributed by atoms with van der Waals surface area (Å²) < 4.78 is 31.9. The van der Waals surface area contributed by atoms with Gasteiger partial charge in [-0.1, -0.05) is 0 Å². The molecule has 0 amide bonds. The van der Waals surface area contributed by atoms with E-state index in [0.717, 1.165) is 24.7 Å². The van der Waals surface area contributed by atoms with Gasteiger partial charge in [-0.15, -0.1) is 11.3 Å². The number of sulfonamides is 1. The largest absolute Gasteiger partial charge is 0.462 e. The number of rotatable bonds is 6. The fourth-order valence-corrected chi connectivity index (χ4v) is 4.03. The molecule has 0 atom stereocenters. The van der Waals surface area contributed by atoms with Crippen molar-refractivity contribution in [3.63, 3.8) is 0 Å². The number of esters is 1. The monoisotopic (exact) mass is 342 g/mol. The van der Waals surface area contributed by atoms with Crippen LogP contribution in [0, 0.1) is 0 Å². The normalized spacial score (nSPS) is 14.8. The maximum Gasteiger partial charge on any atom is 0.342 e. The van der Waals surface area contributed by atoms with E-state index in [-0.39, 0.29) is 22.3 Å². The predicted molar refractivity (Wildman–Crippen MR) is 79.4 cm³/mol. The van der Waals surface area contributed by atoms with Gasteiger partial charge in [0, 0.05) is 11.3 Å². The van der Waals surface area contributed by atoms with Gasteiger partial charge in [-0.05, 0) is 19.8 Å². The molecule has 2 aromatic heterocycles. The maximum absolute atomic E-state index is 12.4. The number of nitrogens with zero attached hydrogens (tertiary/aromatic N) is 2. The quantitative estimate of drug-likeness (QED) is 0.773. The van der Waals surface area contributed by atoms with Gasteiger partial charge < -0.3 is 4.74 Å². The first-order valence-corrected chi connectivity index (χ1v) is 9.06. The van der Waals surface area contributed by atoms with Crippen LogP contribution in [0.25, 0.3) is 0 Å². The summed E-state index contributed by atoms with van der Waals surface area (Å²) in [5.74, 6) is -0.300. The lowest BCUT2D eigenvalue weighted by Gasteiger charge is -2.05. The summed E-state index contributed by atoms with van der Waals surface area (Å²) in [5, 5.41) is 7.72. The molecule has 3 rings (SSSR count). The molecule has 0 spiro atoms. The topological polar surface area (TPSA) is 114 Å². The van der Waals surface area contributed by atoms with Crippen molar-refractivity contribution in [1.29, 1.82) is 0 Å². The zero-order valence-corrected chi connectivity index (χ0v) is 13.3. The smallest absolute Gasteiger partial charge is 0.342 e. The van der Waals surface area contributed by atoms with Crippen LogP contribution in [0.15, 0.2) is 16.6 Å². The van der Waals surface area contributed by atoms with Gasteiger partial charge in [-0.25, -0.2) is 9.78 Å². The molecule has 2 aromatic rings. The minimum absolute atomic E-state index is 0.131. The van der Waals surface area contributed by atoms with Crippen LogP contribution in [-0.4, -0.2) is 36.2 Å². The van der Waals surface area contributed by atoms with E-state index in [2.05, 4.69) is 19.9 Å². The first-order chi connectivity index (χ1) is 10.5. The van der Waals surface area contributed by atoms with E-state index in [9.17, 15) is 13.2 Å². The van der Waals surface area contributed by atoms with Gasteiger partial charge in [0.25, 0.3) is 10.0 Å². The highest BCUT2D eigenvalue weighted by molar-refractivity contribution is 7.92. The molecule has 0 radical (unpaired) electrons. The summed E-state index contributed by atoms with van der Waals surface area (Å²) >= 11 is 1.21. The Hall–Kier alpha value is -1.94. The van der Waals surface area contributed by atoms with Crippen LogP contribution in [0.5, 0.6) is 0 Å². The fourth-order valence-electron chi connectivity index (χ4n) is 1.90. The average molecular weight is 342 g/mol. The Morgan fingerprint density at radius 2 is 2.32 bits per heavy atom. The molecule has 1 fully saturated rings. The van der Waals surface area contributed by atoms with Crippen LogP contribution in [0.4, 0.5) is 5.13 Å². The molecule has 0 saturated heterocycles. The molecule has 118 valence electrons. The average Bonchev–Trinajstić information content (AvgIpc) is 3.01. The molecule has 1 aliphatic carbocycles. The highest BCUT2D eigenvalue weighted by Crippen LogP contribution is 2.41. The number of carbonyl (C=O) groups excluding carboxylic acids is 1. The van der Waals surface area contributed by atoms with Crippen molar-refractivity contribution in [2.45, 2.75) is 30.7 Å². The molecule has 2 heterocycles. The molecule has 0 aromatic carbocycles. The number of ether oxygens (including phenoxy) is 1. The maximum atomic E-state index is 12.4. The van der Waals surface area contributed by atoms with E-state index in [0.29, 0.717) is 5.92 Å². The zero-order valence-electron chi connectivity index (χ0n) is 11.7. The molecule has 10 heteroatoms. The summed E-state index contributed by atoms with van der Waals surface area (Å²) in [6.07, 6.45) is 3.30. The molecule has 0 bridgehead atoms. The molecule has 0 aliphatic heterocycles. The van der Waals surface area contributed by atoms with Crippen molar-refractivity contribution >= 4 is 32.5 Å².